The van der Waals surface area contributed by atoms with Crippen LogP contribution in [0.1, 0.15) is 87.2 Å². The molecule has 0 saturated carbocycles. The van der Waals surface area contributed by atoms with Gasteiger partial charge in [-0.2, -0.15) is 0 Å². The first-order chi connectivity index (χ1) is 16.2. The van der Waals surface area contributed by atoms with Crippen molar-refractivity contribution in [3.63, 3.8) is 0 Å². The van der Waals surface area contributed by atoms with Gasteiger partial charge in [0.1, 0.15) is 11.5 Å². The molecule has 2 nitrogen and oxygen atoms in total. The van der Waals surface area contributed by atoms with Gasteiger partial charge in [-0.25, -0.2) is 0 Å². The molecule has 0 bridgehead atoms. The normalized spacial score (nSPS) is 31.0. The van der Waals surface area contributed by atoms with Crippen LogP contribution in [-0.4, -0.2) is 0 Å². The van der Waals surface area contributed by atoms with Gasteiger partial charge in [0, 0.05) is 24.0 Å². The Morgan fingerprint density at radius 2 is 1.12 bits per heavy atom. The van der Waals surface area contributed by atoms with E-state index < -0.39 is 0 Å². The molecule has 4 aliphatic rings. The third-order valence-electron chi connectivity index (χ3n) is 9.58. The van der Waals surface area contributed by atoms with Gasteiger partial charge in [-0.05, 0) is 95.0 Å². The number of aryl methyl sites for hydroxylation is 2. The van der Waals surface area contributed by atoms with Gasteiger partial charge >= 0.3 is 0 Å². The zero-order valence-corrected chi connectivity index (χ0v) is 23.1. The maximum absolute atomic E-state index is 6.00. The number of furan rings is 2. The van der Waals surface area contributed by atoms with Crippen LogP contribution in [-0.2, 0) is 23.7 Å². The fourth-order valence-electron chi connectivity index (χ4n) is 8.17. The van der Waals surface area contributed by atoms with Gasteiger partial charge < -0.3 is 8.83 Å². The van der Waals surface area contributed by atoms with Gasteiger partial charge in [0.15, 0.2) is 0 Å². The van der Waals surface area contributed by atoms with Crippen LogP contribution in [0.5, 0.6) is 0 Å². The number of hydrogen-bond donors (Lipinski definition) is 0. The van der Waals surface area contributed by atoms with Gasteiger partial charge in [-0.15, -0.1) is 0 Å². The molecule has 6 rings (SSSR count). The van der Waals surface area contributed by atoms with Crippen molar-refractivity contribution in [3.05, 3.63) is 68.3 Å². The third kappa shape index (κ3) is 3.53. The van der Waals surface area contributed by atoms with Crippen LogP contribution in [0, 0.1) is 37.5 Å². The summed E-state index contributed by atoms with van der Waals surface area (Å²) in [5.41, 5.74) is 6.05. The lowest BCUT2D eigenvalue weighted by molar-refractivity contribution is 0.189. The monoisotopic (exact) mass is 494 g/mol. The second-order valence-electron chi connectivity index (χ2n) is 12.3. The first kappa shape index (κ1) is 23.2. The highest BCUT2D eigenvalue weighted by Crippen LogP contribution is 2.56. The topological polar surface area (TPSA) is 26.3 Å². The second-order valence-corrected chi connectivity index (χ2v) is 14.7. The van der Waals surface area contributed by atoms with Crippen molar-refractivity contribution in [2.45, 2.75) is 90.9 Å². The summed E-state index contributed by atoms with van der Waals surface area (Å²) < 4.78 is 12.0. The summed E-state index contributed by atoms with van der Waals surface area (Å²) in [5.74, 6) is 5.11. The predicted molar refractivity (Wildman–Crippen MR) is 144 cm³/mol. The maximum atomic E-state index is 6.00. The van der Waals surface area contributed by atoms with E-state index in [0.29, 0.717) is 11.8 Å². The van der Waals surface area contributed by atoms with Gasteiger partial charge in [0.05, 0.1) is 12.5 Å². The fraction of sp³-hybridized carbons (Fsp3) is 0.600. The van der Waals surface area contributed by atoms with Crippen molar-refractivity contribution < 1.29 is 8.83 Å². The molecule has 0 spiro atoms. The third-order valence-corrected chi connectivity index (χ3v) is 12.3. The minimum Gasteiger partial charge on any atom is -0.469 e. The van der Waals surface area contributed by atoms with E-state index in [4.69, 9.17) is 8.83 Å². The van der Waals surface area contributed by atoms with Crippen LogP contribution in [0.25, 0.3) is 0 Å². The van der Waals surface area contributed by atoms with E-state index in [1.54, 1.807) is 9.81 Å². The SMILES string of the molecule is Cc1coc2c1C(C)(C)[C@H]1CCC(SSC3=C[C@H]4Cc5occ(C)c5C(C)(C)[C@H]4CC3)=C[C@H]1C2. The summed E-state index contributed by atoms with van der Waals surface area (Å²) in [6.07, 6.45) is 16.3. The molecule has 0 N–H and O–H groups in total. The number of rotatable bonds is 3. The molecule has 34 heavy (non-hydrogen) atoms. The minimum atomic E-state index is 0.201. The average Bonchev–Trinajstić information content (AvgIpc) is 3.35. The zero-order chi connectivity index (χ0) is 23.8. The summed E-state index contributed by atoms with van der Waals surface area (Å²) in [4.78, 5) is 3.15. The molecule has 0 amide bonds. The Morgan fingerprint density at radius 1 is 0.706 bits per heavy atom. The molecule has 2 aromatic rings. The van der Waals surface area contributed by atoms with E-state index in [2.05, 4.69) is 53.7 Å². The lowest BCUT2D eigenvalue weighted by Gasteiger charge is -2.46. The quantitative estimate of drug-likeness (QED) is 0.398. The molecule has 4 atom stereocenters. The van der Waals surface area contributed by atoms with E-state index in [1.165, 1.54) is 59.5 Å². The van der Waals surface area contributed by atoms with E-state index in [9.17, 15) is 0 Å². The molecular formula is C30H38O2S2. The van der Waals surface area contributed by atoms with Gasteiger partial charge in [0.2, 0.25) is 0 Å². The Kier molecular flexibility index (Phi) is 5.54. The Bertz CT molecular complexity index is 1080. The molecule has 0 fully saturated rings. The molecule has 4 aliphatic carbocycles. The zero-order valence-electron chi connectivity index (χ0n) is 21.5. The second kappa shape index (κ2) is 8.13. The molecule has 0 aliphatic heterocycles. The highest BCUT2D eigenvalue weighted by molar-refractivity contribution is 8.79. The van der Waals surface area contributed by atoms with Crippen LogP contribution < -0.4 is 0 Å². The highest BCUT2D eigenvalue weighted by Gasteiger charge is 2.47. The molecule has 0 aromatic carbocycles. The molecule has 182 valence electrons. The number of allylic oxidation sites excluding steroid dienone is 4. The number of hydrogen-bond acceptors (Lipinski definition) is 4. The van der Waals surface area contributed by atoms with Gasteiger partial charge in [-0.1, -0.05) is 61.4 Å². The first-order valence-electron chi connectivity index (χ1n) is 13.1. The highest BCUT2D eigenvalue weighted by atomic mass is 33.1. The summed E-state index contributed by atoms with van der Waals surface area (Å²) in [5, 5.41) is 0. The van der Waals surface area contributed by atoms with Crippen LogP contribution in [0.3, 0.4) is 0 Å². The maximum Gasteiger partial charge on any atom is 0.108 e. The van der Waals surface area contributed by atoms with Crippen molar-refractivity contribution in [2.75, 3.05) is 0 Å². The van der Waals surface area contributed by atoms with E-state index in [-0.39, 0.29) is 10.8 Å². The molecule has 2 heterocycles. The summed E-state index contributed by atoms with van der Waals surface area (Å²) in [6, 6.07) is 0. The van der Waals surface area contributed by atoms with E-state index in [1.807, 2.05) is 34.1 Å². The van der Waals surface area contributed by atoms with Crippen molar-refractivity contribution in [1.29, 1.82) is 0 Å². The lowest BCUT2D eigenvalue weighted by atomic mass is 9.59. The average molecular weight is 495 g/mol. The summed E-state index contributed by atoms with van der Waals surface area (Å²) in [6.45, 7) is 14.2. The Balaban J connectivity index is 1.17. The van der Waals surface area contributed by atoms with Crippen molar-refractivity contribution in [3.8, 4) is 0 Å². The van der Waals surface area contributed by atoms with Crippen LogP contribution in [0.2, 0.25) is 0 Å². The molecule has 0 saturated heterocycles. The molecule has 2 aromatic heterocycles. The van der Waals surface area contributed by atoms with E-state index >= 15 is 0 Å². The largest absolute Gasteiger partial charge is 0.469 e. The standard InChI is InChI=1S/C30H38O2S2/c1-17-15-31-25-13-19-11-21(7-9-23(19)29(3,4)27(17)25)33-34-22-8-10-24-20(12-22)14-26-28(30(24,5)6)18(2)16-32-26/h11-12,15-16,19-20,23-24H,7-10,13-14H2,1-6H3/t19-,20-,23-,24-/m0/s1. The fourth-order valence-corrected chi connectivity index (χ4v) is 10.7. The van der Waals surface area contributed by atoms with Crippen LogP contribution >= 0.6 is 21.6 Å². The number of fused-ring (bicyclic) bond motifs is 4. The minimum absolute atomic E-state index is 0.201. The van der Waals surface area contributed by atoms with E-state index in [0.717, 1.165) is 24.7 Å². The van der Waals surface area contributed by atoms with Crippen LogP contribution in [0.15, 0.2) is 43.3 Å². The van der Waals surface area contributed by atoms with Gasteiger partial charge in [-0.3, -0.25) is 0 Å². The van der Waals surface area contributed by atoms with Crippen molar-refractivity contribution in [2.24, 2.45) is 23.7 Å². The predicted octanol–water partition coefficient (Wildman–Crippen LogP) is 9.06. The summed E-state index contributed by atoms with van der Waals surface area (Å²) in [7, 11) is 4.06. The molecule has 4 heteroatoms. The molecule has 0 unspecified atom stereocenters. The molecular weight excluding hydrogens is 456 g/mol. The van der Waals surface area contributed by atoms with Crippen molar-refractivity contribution in [1.82, 2.24) is 0 Å². The Morgan fingerprint density at radius 3 is 1.53 bits per heavy atom. The lowest BCUT2D eigenvalue weighted by Crippen LogP contribution is -2.41. The van der Waals surface area contributed by atoms with Gasteiger partial charge in [0.25, 0.3) is 0 Å². The molecule has 0 radical (unpaired) electrons. The first-order valence-corrected chi connectivity index (χ1v) is 15.2. The Labute approximate surface area is 212 Å². The Hall–Kier alpha value is -1.26. The van der Waals surface area contributed by atoms with Crippen LogP contribution in [0.4, 0.5) is 0 Å². The smallest absolute Gasteiger partial charge is 0.108 e. The summed E-state index contributed by atoms with van der Waals surface area (Å²) >= 11 is 0. The van der Waals surface area contributed by atoms with Crippen molar-refractivity contribution >= 4 is 21.6 Å².